The van der Waals surface area contributed by atoms with Crippen LogP contribution in [0.25, 0.3) is 0 Å². The Bertz CT molecular complexity index is 356. The molecule has 0 saturated carbocycles. The van der Waals surface area contributed by atoms with E-state index in [1.807, 2.05) is 30.3 Å². The maximum atomic E-state index is 11.4. The van der Waals surface area contributed by atoms with Crippen LogP contribution in [0.15, 0.2) is 30.3 Å². The van der Waals surface area contributed by atoms with Gasteiger partial charge in [0.1, 0.15) is 0 Å². The van der Waals surface area contributed by atoms with Crippen LogP contribution in [0.1, 0.15) is 12.0 Å². The molecular formula is C12H12O2S. The first-order chi connectivity index (χ1) is 7.27. The maximum Gasteiger partial charge on any atom is 0.199 e. The summed E-state index contributed by atoms with van der Waals surface area (Å²) in [6, 6.07) is 9.96. The third-order valence-corrected chi connectivity index (χ3v) is 3.59. The summed E-state index contributed by atoms with van der Waals surface area (Å²) >= 11 is 1.16. The summed E-state index contributed by atoms with van der Waals surface area (Å²) in [6.45, 7) is 0. The van der Waals surface area contributed by atoms with Gasteiger partial charge in [0, 0.05) is 0 Å². The summed E-state index contributed by atoms with van der Waals surface area (Å²) in [5.41, 5.74) is 1.19. The molecule has 1 aromatic carbocycles. The number of ketones is 1. The van der Waals surface area contributed by atoms with E-state index in [-0.39, 0.29) is 16.8 Å². The third kappa shape index (κ3) is 2.48. The number of Topliss-reactive ketones (excluding diaryl/α,β-unsaturated/α-hetero) is 1. The average Bonchev–Trinajstić information content (AvgIpc) is 2.58. The number of carbonyl (C=O) groups is 2. The van der Waals surface area contributed by atoms with Gasteiger partial charge in [0.05, 0.1) is 11.7 Å². The average molecular weight is 220 g/mol. The van der Waals surface area contributed by atoms with E-state index in [1.54, 1.807) is 0 Å². The first-order valence-electron chi connectivity index (χ1n) is 5.00. The molecular weight excluding hydrogens is 208 g/mol. The minimum absolute atomic E-state index is 0.0518. The zero-order chi connectivity index (χ0) is 10.7. The number of rotatable bonds is 3. The lowest BCUT2D eigenvalue weighted by Crippen LogP contribution is -2.15. The molecule has 15 heavy (non-hydrogen) atoms. The van der Waals surface area contributed by atoms with Crippen LogP contribution in [0.3, 0.4) is 0 Å². The molecule has 1 unspecified atom stereocenters. The molecule has 1 heterocycles. The number of thioether (sulfide) groups is 1. The molecule has 2 nitrogen and oxygen atoms in total. The molecule has 1 saturated heterocycles. The topological polar surface area (TPSA) is 34.1 Å². The van der Waals surface area contributed by atoms with E-state index in [4.69, 9.17) is 0 Å². The van der Waals surface area contributed by atoms with Crippen molar-refractivity contribution in [2.45, 2.75) is 12.8 Å². The first-order valence-corrected chi connectivity index (χ1v) is 5.99. The Balaban J connectivity index is 1.93. The largest absolute Gasteiger partial charge is 0.298 e. The molecule has 0 radical (unpaired) electrons. The van der Waals surface area contributed by atoms with Crippen molar-refractivity contribution in [3.05, 3.63) is 35.9 Å². The Morgan fingerprint density at radius 2 is 1.93 bits per heavy atom. The van der Waals surface area contributed by atoms with E-state index in [2.05, 4.69) is 0 Å². The molecule has 0 aromatic heterocycles. The molecule has 2 rings (SSSR count). The lowest BCUT2D eigenvalue weighted by atomic mass is 9.98. The van der Waals surface area contributed by atoms with Gasteiger partial charge in [-0.15, -0.1) is 0 Å². The predicted molar refractivity (Wildman–Crippen MR) is 60.7 cm³/mol. The molecule has 0 aliphatic carbocycles. The van der Waals surface area contributed by atoms with E-state index in [9.17, 15) is 9.59 Å². The van der Waals surface area contributed by atoms with Gasteiger partial charge < -0.3 is 0 Å². The Hall–Kier alpha value is -1.09. The summed E-state index contributed by atoms with van der Waals surface area (Å²) in [5, 5.41) is 0.0518. The second-order valence-electron chi connectivity index (χ2n) is 3.65. The fourth-order valence-corrected chi connectivity index (χ4v) is 2.65. The standard InChI is InChI=1S/C12H12O2S/c13-11-8-15-12(14)10(11)7-6-9-4-2-1-3-5-9/h1-5,10H,6-8H2. The van der Waals surface area contributed by atoms with Gasteiger partial charge in [0.25, 0.3) is 0 Å². The third-order valence-electron chi connectivity index (χ3n) is 2.59. The summed E-state index contributed by atoms with van der Waals surface area (Å²) in [7, 11) is 0. The fraction of sp³-hybridized carbons (Fsp3) is 0.333. The minimum atomic E-state index is -0.352. The van der Waals surface area contributed by atoms with Crippen LogP contribution in [0, 0.1) is 5.92 Å². The van der Waals surface area contributed by atoms with E-state index < -0.39 is 0 Å². The number of benzene rings is 1. The van der Waals surface area contributed by atoms with E-state index in [0.29, 0.717) is 12.2 Å². The SMILES string of the molecule is O=C1CSC(=O)C1CCc1ccccc1. The molecule has 1 fully saturated rings. The second kappa shape index (κ2) is 4.62. The molecule has 1 aliphatic heterocycles. The zero-order valence-electron chi connectivity index (χ0n) is 8.31. The van der Waals surface area contributed by atoms with Gasteiger partial charge in [-0.1, -0.05) is 42.1 Å². The lowest BCUT2D eigenvalue weighted by molar-refractivity contribution is -0.125. The molecule has 3 heteroatoms. The van der Waals surface area contributed by atoms with Gasteiger partial charge in [-0.2, -0.15) is 0 Å². The highest BCUT2D eigenvalue weighted by Gasteiger charge is 2.32. The van der Waals surface area contributed by atoms with Crippen LogP contribution >= 0.6 is 11.8 Å². The van der Waals surface area contributed by atoms with Gasteiger partial charge in [0.2, 0.25) is 0 Å². The van der Waals surface area contributed by atoms with Gasteiger partial charge in [-0.3, -0.25) is 9.59 Å². The van der Waals surface area contributed by atoms with E-state index in [0.717, 1.165) is 18.2 Å². The monoisotopic (exact) mass is 220 g/mol. The summed E-state index contributed by atoms with van der Waals surface area (Å²) in [6.07, 6.45) is 1.47. The molecule has 1 atom stereocenters. The predicted octanol–water partition coefficient (Wildman–Crippen LogP) is 2.08. The summed E-state index contributed by atoms with van der Waals surface area (Å²) < 4.78 is 0. The van der Waals surface area contributed by atoms with Crippen LogP contribution in [0.4, 0.5) is 0 Å². The molecule has 0 N–H and O–H groups in total. The molecule has 0 bridgehead atoms. The zero-order valence-corrected chi connectivity index (χ0v) is 9.13. The van der Waals surface area contributed by atoms with Crippen molar-refractivity contribution in [1.82, 2.24) is 0 Å². The highest BCUT2D eigenvalue weighted by Crippen LogP contribution is 2.26. The smallest absolute Gasteiger partial charge is 0.199 e. The van der Waals surface area contributed by atoms with Crippen LogP contribution in [-0.4, -0.2) is 16.7 Å². The Kier molecular flexibility index (Phi) is 3.21. The van der Waals surface area contributed by atoms with Crippen molar-refractivity contribution in [1.29, 1.82) is 0 Å². The van der Waals surface area contributed by atoms with Crippen molar-refractivity contribution in [2.75, 3.05) is 5.75 Å². The van der Waals surface area contributed by atoms with E-state index in [1.165, 1.54) is 5.56 Å². The van der Waals surface area contributed by atoms with Crippen molar-refractivity contribution >= 4 is 22.7 Å². The van der Waals surface area contributed by atoms with E-state index >= 15 is 0 Å². The summed E-state index contributed by atoms with van der Waals surface area (Å²) in [4.78, 5) is 22.7. The normalized spacial score (nSPS) is 20.9. The van der Waals surface area contributed by atoms with Crippen molar-refractivity contribution in [2.24, 2.45) is 5.92 Å². The number of hydrogen-bond donors (Lipinski definition) is 0. The minimum Gasteiger partial charge on any atom is -0.298 e. The highest BCUT2D eigenvalue weighted by atomic mass is 32.2. The molecule has 0 amide bonds. The first kappa shape index (κ1) is 10.4. The second-order valence-corrected chi connectivity index (χ2v) is 4.63. The Labute approximate surface area is 93.1 Å². The van der Waals surface area contributed by atoms with Crippen LogP contribution in [-0.2, 0) is 16.0 Å². The number of aryl methyl sites for hydroxylation is 1. The van der Waals surface area contributed by atoms with Gasteiger partial charge in [-0.05, 0) is 18.4 Å². The maximum absolute atomic E-state index is 11.4. The number of carbonyl (C=O) groups excluding carboxylic acids is 2. The fourth-order valence-electron chi connectivity index (χ4n) is 1.71. The van der Waals surface area contributed by atoms with Gasteiger partial charge in [0.15, 0.2) is 10.9 Å². The van der Waals surface area contributed by atoms with Gasteiger partial charge >= 0.3 is 0 Å². The van der Waals surface area contributed by atoms with Crippen molar-refractivity contribution in [3.8, 4) is 0 Å². The number of hydrogen-bond acceptors (Lipinski definition) is 3. The lowest BCUT2D eigenvalue weighted by Gasteiger charge is -2.05. The highest BCUT2D eigenvalue weighted by molar-refractivity contribution is 8.15. The van der Waals surface area contributed by atoms with Crippen LogP contribution in [0.2, 0.25) is 0 Å². The van der Waals surface area contributed by atoms with Crippen LogP contribution in [0.5, 0.6) is 0 Å². The molecule has 78 valence electrons. The summed E-state index contributed by atoms with van der Waals surface area (Å²) in [5.74, 6) is 0.120. The Morgan fingerprint density at radius 1 is 1.20 bits per heavy atom. The van der Waals surface area contributed by atoms with Crippen molar-refractivity contribution in [3.63, 3.8) is 0 Å². The molecule has 1 aliphatic rings. The molecule has 0 spiro atoms. The van der Waals surface area contributed by atoms with Gasteiger partial charge in [-0.25, -0.2) is 0 Å². The quantitative estimate of drug-likeness (QED) is 0.731. The van der Waals surface area contributed by atoms with Crippen LogP contribution < -0.4 is 0 Å². The Morgan fingerprint density at radius 3 is 2.53 bits per heavy atom. The van der Waals surface area contributed by atoms with Crippen molar-refractivity contribution < 1.29 is 9.59 Å². The molecule has 1 aromatic rings.